The number of carbonyl (C=O) groups is 1. The Morgan fingerprint density at radius 3 is 2.82 bits per heavy atom. The summed E-state index contributed by atoms with van der Waals surface area (Å²) in [5, 5.41) is 2.96. The molecule has 17 heavy (non-hydrogen) atoms. The SMILES string of the molecule is CC[C@@H](C)NC(=O)CSCc1ccccc1Br. The lowest BCUT2D eigenvalue weighted by Gasteiger charge is -2.11. The molecule has 0 saturated heterocycles. The second-order valence-corrected chi connectivity index (χ2v) is 5.80. The van der Waals surface area contributed by atoms with Crippen LogP contribution in [-0.2, 0) is 10.5 Å². The van der Waals surface area contributed by atoms with Gasteiger partial charge in [-0.05, 0) is 25.0 Å². The van der Waals surface area contributed by atoms with E-state index >= 15 is 0 Å². The van der Waals surface area contributed by atoms with Gasteiger partial charge < -0.3 is 5.32 Å². The molecule has 1 aromatic carbocycles. The van der Waals surface area contributed by atoms with Crippen LogP contribution in [0.15, 0.2) is 28.7 Å². The van der Waals surface area contributed by atoms with Gasteiger partial charge in [0, 0.05) is 16.3 Å². The minimum atomic E-state index is 0.122. The van der Waals surface area contributed by atoms with Gasteiger partial charge in [-0.3, -0.25) is 4.79 Å². The molecule has 0 aliphatic heterocycles. The van der Waals surface area contributed by atoms with E-state index in [9.17, 15) is 4.79 Å². The highest BCUT2D eigenvalue weighted by atomic mass is 79.9. The molecule has 4 heteroatoms. The van der Waals surface area contributed by atoms with Crippen LogP contribution >= 0.6 is 27.7 Å². The number of hydrogen-bond donors (Lipinski definition) is 1. The van der Waals surface area contributed by atoms with Crippen LogP contribution in [0.3, 0.4) is 0 Å². The maximum Gasteiger partial charge on any atom is 0.230 e. The molecule has 94 valence electrons. The molecule has 1 amide bonds. The van der Waals surface area contributed by atoms with Crippen molar-refractivity contribution in [2.45, 2.75) is 32.1 Å². The lowest BCUT2D eigenvalue weighted by molar-refractivity contribution is -0.119. The Labute approximate surface area is 116 Å². The highest BCUT2D eigenvalue weighted by Crippen LogP contribution is 2.21. The van der Waals surface area contributed by atoms with E-state index in [0.29, 0.717) is 5.75 Å². The number of hydrogen-bond acceptors (Lipinski definition) is 2. The second-order valence-electron chi connectivity index (χ2n) is 3.96. The molecule has 1 N–H and O–H groups in total. The molecule has 0 unspecified atom stereocenters. The third-order valence-electron chi connectivity index (χ3n) is 2.47. The third kappa shape index (κ3) is 5.59. The van der Waals surface area contributed by atoms with Gasteiger partial charge in [0.25, 0.3) is 0 Å². The summed E-state index contributed by atoms with van der Waals surface area (Å²) >= 11 is 5.14. The highest BCUT2D eigenvalue weighted by molar-refractivity contribution is 9.10. The molecule has 2 nitrogen and oxygen atoms in total. The van der Waals surface area contributed by atoms with Gasteiger partial charge in [0.15, 0.2) is 0 Å². The molecule has 1 aromatic rings. The molecule has 0 aliphatic carbocycles. The summed E-state index contributed by atoms with van der Waals surface area (Å²) in [7, 11) is 0. The summed E-state index contributed by atoms with van der Waals surface area (Å²) in [6, 6.07) is 8.37. The smallest absolute Gasteiger partial charge is 0.230 e. The zero-order valence-electron chi connectivity index (χ0n) is 10.2. The van der Waals surface area contributed by atoms with Gasteiger partial charge >= 0.3 is 0 Å². The van der Waals surface area contributed by atoms with Crippen LogP contribution in [0, 0.1) is 0 Å². The van der Waals surface area contributed by atoms with Crippen molar-refractivity contribution in [1.29, 1.82) is 0 Å². The molecular formula is C13H18BrNOS. The normalized spacial score (nSPS) is 12.2. The number of rotatable bonds is 6. The van der Waals surface area contributed by atoms with Crippen molar-refractivity contribution in [3.63, 3.8) is 0 Å². The maximum atomic E-state index is 11.5. The van der Waals surface area contributed by atoms with E-state index in [0.717, 1.165) is 16.6 Å². The number of halogens is 1. The lowest BCUT2D eigenvalue weighted by Crippen LogP contribution is -2.33. The van der Waals surface area contributed by atoms with Gasteiger partial charge in [0.1, 0.15) is 0 Å². The summed E-state index contributed by atoms with van der Waals surface area (Å²) in [6.07, 6.45) is 0.973. The van der Waals surface area contributed by atoms with E-state index in [1.807, 2.05) is 25.1 Å². The third-order valence-corrected chi connectivity index (χ3v) is 4.22. The molecule has 0 heterocycles. The van der Waals surface area contributed by atoms with E-state index in [2.05, 4.69) is 34.2 Å². The van der Waals surface area contributed by atoms with Gasteiger partial charge in [-0.25, -0.2) is 0 Å². The van der Waals surface area contributed by atoms with E-state index in [-0.39, 0.29) is 11.9 Å². The van der Waals surface area contributed by atoms with E-state index in [1.165, 1.54) is 5.56 Å². The van der Waals surface area contributed by atoms with Gasteiger partial charge in [0.05, 0.1) is 5.75 Å². The van der Waals surface area contributed by atoms with Gasteiger partial charge in [-0.2, -0.15) is 0 Å². The van der Waals surface area contributed by atoms with E-state index in [4.69, 9.17) is 0 Å². The highest BCUT2D eigenvalue weighted by Gasteiger charge is 2.06. The second kappa shape index (κ2) is 7.77. The Balaban J connectivity index is 2.29. The lowest BCUT2D eigenvalue weighted by atomic mass is 10.2. The van der Waals surface area contributed by atoms with Crippen LogP contribution in [-0.4, -0.2) is 17.7 Å². The van der Waals surface area contributed by atoms with Crippen molar-refractivity contribution in [2.75, 3.05) is 5.75 Å². The minimum Gasteiger partial charge on any atom is -0.353 e. The summed E-state index contributed by atoms with van der Waals surface area (Å²) in [5.74, 6) is 1.50. The zero-order valence-corrected chi connectivity index (χ0v) is 12.6. The van der Waals surface area contributed by atoms with Crippen molar-refractivity contribution in [3.05, 3.63) is 34.3 Å². The molecule has 0 spiro atoms. The zero-order chi connectivity index (χ0) is 12.7. The maximum absolute atomic E-state index is 11.5. The fourth-order valence-electron chi connectivity index (χ4n) is 1.29. The van der Waals surface area contributed by atoms with Crippen molar-refractivity contribution in [3.8, 4) is 0 Å². The topological polar surface area (TPSA) is 29.1 Å². The van der Waals surface area contributed by atoms with Gasteiger partial charge in [-0.15, -0.1) is 11.8 Å². The number of amides is 1. The standard InChI is InChI=1S/C13H18BrNOS/c1-3-10(2)15-13(16)9-17-8-11-6-4-5-7-12(11)14/h4-7,10H,3,8-9H2,1-2H3,(H,15,16)/t10-/m1/s1. The summed E-state index contributed by atoms with van der Waals surface area (Å²) in [5.41, 5.74) is 1.23. The molecule has 0 bridgehead atoms. The quantitative estimate of drug-likeness (QED) is 0.869. The fraction of sp³-hybridized carbons (Fsp3) is 0.462. The predicted molar refractivity (Wildman–Crippen MR) is 78.2 cm³/mol. The largest absolute Gasteiger partial charge is 0.353 e. The molecule has 0 aliphatic rings. The van der Waals surface area contributed by atoms with Crippen LogP contribution in [0.1, 0.15) is 25.8 Å². The predicted octanol–water partition coefficient (Wildman–Crippen LogP) is 3.60. The van der Waals surface area contributed by atoms with Crippen LogP contribution in [0.4, 0.5) is 0 Å². The van der Waals surface area contributed by atoms with Crippen molar-refractivity contribution in [1.82, 2.24) is 5.32 Å². The Morgan fingerprint density at radius 2 is 2.18 bits per heavy atom. The summed E-state index contributed by atoms with van der Waals surface area (Å²) in [4.78, 5) is 11.5. The molecule has 0 saturated carbocycles. The summed E-state index contributed by atoms with van der Waals surface area (Å²) < 4.78 is 1.11. The van der Waals surface area contributed by atoms with E-state index in [1.54, 1.807) is 11.8 Å². The van der Waals surface area contributed by atoms with E-state index < -0.39 is 0 Å². The molecule has 1 atom stereocenters. The Kier molecular flexibility index (Phi) is 6.66. The minimum absolute atomic E-state index is 0.122. The first kappa shape index (κ1) is 14.6. The average molecular weight is 316 g/mol. The van der Waals surface area contributed by atoms with Crippen LogP contribution in [0.25, 0.3) is 0 Å². The number of nitrogens with one attached hydrogen (secondary N) is 1. The Bertz CT molecular complexity index is 370. The molecule has 0 radical (unpaired) electrons. The van der Waals surface area contributed by atoms with Crippen molar-refractivity contribution >= 4 is 33.6 Å². The average Bonchev–Trinajstić information content (AvgIpc) is 2.31. The Hall–Kier alpha value is -0.480. The summed E-state index contributed by atoms with van der Waals surface area (Å²) in [6.45, 7) is 4.09. The Morgan fingerprint density at radius 1 is 1.47 bits per heavy atom. The monoisotopic (exact) mass is 315 g/mol. The molecule has 0 aromatic heterocycles. The first-order chi connectivity index (χ1) is 8.13. The van der Waals surface area contributed by atoms with Crippen LogP contribution in [0.5, 0.6) is 0 Å². The number of carbonyl (C=O) groups excluding carboxylic acids is 1. The van der Waals surface area contributed by atoms with Crippen LogP contribution in [0.2, 0.25) is 0 Å². The van der Waals surface area contributed by atoms with Crippen molar-refractivity contribution < 1.29 is 4.79 Å². The first-order valence-electron chi connectivity index (χ1n) is 5.74. The number of benzene rings is 1. The molecule has 0 fully saturated rings. The van der Waals surface area contributed by atoms with Gasteiger partial charge in [0.2, 0.25) is 5.91 Å². The van der Waals surface area contributed by atoms with Crippen LogP contribution < -0.4 is 5.32 Å². The molecular weight excluding hydrogens is 298 g/mol. The van der Waals surface area contributed by atoms with Gasteiger partial charge in [-0.1, -0.05) is 41.1 Å². The number of thioether (sulfide) groups is 1. The van der Waals surface area contributed by atoms with Crippen molar-refractivity contribution in [2.24, 2.45) is 0 Å². The fourth-order valence-corrected chi connectivity index (χ4v) is 2.74. The molecule has 1 rings (SSSR count). The first-order valence-corrected chi connectivity index (χ1v) is 7.68.